The Labute approximate surface area is 257 Å². The minimum Gasteiger partial charge on any atom is -0.494 e. The van der Waals surface area contributed by atoms with Gasteiger partial charge in [0, 0.05) is 22.1 Å². The highest BCUT2D eigenvalue weighted by Crippen LogP contribution is 2.50. The van der Waals surface area contributed by atoms with Crippen molar-refractivity contribution in [2.24, 2.45) is 5.73 Å². The van der Waals surface area contributed by atoms with E-state index in [0.29, 0.717) is 0 Å². The van der Waals surface area contributed by atoms with E-state index in [1.165, 1.54) is 44.4 Å². The van der Waals surface area contributed by atoms with Gasteiger partial charge in [-0.3, -0.25) is 9.59 Å². The van der Waals surface area contributed by atoms with Crippen LogP contribution >= 0.6 is 0 Å². The number of ether oxygens (including phenoxy) is 2. The largest absolute Gasteiger partial charge is 0.494 e. The van der Waals surface area contributed by atoms with E-state index in [9.17, 15) is 36.6 Å². The van der Waals surface area contributed by atoms with Crippen LogP contribution in [0, 0.1) is 5.82 Å². The Morgan fingerprint density at radius 3 is 2.50 bits per heavy atom. The maximum Gasteiger partial charge on any atom is 0.424 e. The number of alkyl halides is 4. The summed E-state index contributed by atoms with van der Waals surface area (Å²) in [6, 6.07) is 9.52. The lowest BCUT2D eigenvalue weighted by atomic mass is 9.81. The smallest absolute Gasteiger partial charge is 0.424 e. The molecular weight excluding hydrogens is 617 g/mol. The molecule has 2 aliphatic rings. The van der Waals surface area contributed by atoms with E-state index < -0.39 is 52.7 Å². The molecule has 6 rings (SSSR count). The Morgan fingerprint density at radius 2 is 1.87 bits per heavy atom. The lowest BCUT2D eigenvalue weighted by Crippen LogP contribution is -2.51. The highest BCUT2D eigenvalue weighted by atomic mass is 19.4. The number of nitrogens with zero attached hydrogens (tertiary/aromatic N) is 3. The number of halogens is 5. The average molecular weight is 644 g/mol. The third kappa shape index (κ3) is 5.04. The van der Waals surface area contributed by atoms with Crippen molar-refractivity contribution < 1.29 is 46.1 Å². The maximum atomic E-state index is 14.7. The van der Waals surface area contributed by atoms with Crippen molar-refractivity contribution in [2.75, 3.05) is 20.3 Å². The van der Waals surface area contributed by atoms with Gasteiger partial charge < -0.3 is 25.6 Å². The zero-order valence-electron chi connectivity index (χ0n) is 24.3. The topological polar surface area (TPSA) is 150 Å². The molecule has 4 N–H and O–H groups in total. The first-order chi connectivity index (χ1) is 21.6. The van der Waals surface area contributed by atoms with Crippen LogP contribution in [-0.2, 0) is 21.5 Å². The number of fused-ring (bicyclic) bond motifs is 2. The number of nitrogens with two attached hydrogens (primary N) is 1. The minimum absolute atomic E-state index is 0.00682. The van der Waals surface area contributed by atoms with Gasteiger partial charge in [0.25, 0.3) is 5.91 Å². The number of rotatable bonds is 8. The lowest BCUT2D eigenvalue weighted by molar-refractivity contribution is -0.265. The molecule has 10 nitrogen and oxygen atoms in total. The zero-order chi connectivity index (χ0) is 33.2. The van der Waals surface area contributed by atoms with Crippen molar-refractivity contribution in [1.29, 1.82) is 0 Å². The van der Waals surface area contributed by atoms with E-state index in [0.717, 1.165) is 18.2 Å². The molecule has 2 atom stereocenters. The number of carbonyl (C=O) groups is 2. The van der Waals surface area contributed by atoms with Gasteiger partial charge in [-0.25, -0.2) is 13.8 Å². The van der Waals surface area contributed by atoms with Gasteiger partial charge in [-0.2, -0.15) is 18.3 Å². The summed E-state index contributed by atoms with van der Waals surface area (Å²) in [7, 11) is 1.28. The van der Waals surface area contributed by atoms with Crippen LogP contribution in [0.25, 0.3) is 22.2 Å². The first kappa shape index (κ1) is 31.1. The first-order valence-electron chi connectivity index (χ1n) is 14.0. The molecule has 4 aromatic rings. The fourth-order valence-corrected chi connectivity index (χ4v) is 5.27. The molecule has 1 saturated carbocycles. The number of benzene rings is 2. The monoisotopic (exact) mass is 643 g/mol. The minimum atomic E-state index is -5.42. The van der Waals surface area contributed by atoms with E-state index in [1.807, 2.05) is 0 Å². The van der Waals surface area contributed by atoms with Crippen molar-refractivity contribution in [3.05, 3.63) is 76.9 Å². The Bertz CT molecular complexity index is 1920. The summed E-state index contributed by atoms with van der Waals surface area (Å²) < 4.78 is 83.9. The number of aliphatic hydroxyl groups is 1. The molecule has 1 unspecified atom stereocenters. The average Bonchev–Trinajstić information content (AvgIpc) is 3.68. The molecular formula is C31H26F5N5O5. The SMILES string of the molecule is COc1cc(C(=O)NCC(O)(c2cc3c(c(-c4cccc(F)c4)n2)OC[C@]3(C)C(N)=O)C(F)(F)F)cc2cc(C3(F)CC3)nnc12. The quantitative estimate of drug-likeness (QED) is 0.243. The fourth-order valence-electron chi connectivity index (χ4n) is 5.27. The van der Waals surface area contributed by atoms with Crippen molar-refractivity contribution in [2.45, 2.75) is 42.6 Å². The summed E-state index contributed by atoms with van der Waals surface area (Å²) in [5.74, 6) is -2.73. The van der Waals surface area contributed by atoms with Crippen LogP contribution in [0.15, 0.2) is 48.5 Å². The summed E-state index contributed by atoms with van der Waals surface area (Å²) in [6.07, 6.45) is -4.92. The standard InChI is InChI=1S/C31H26F5N5O5/c1-28(27(37)43)14-46-25-19(28)12-22(39-24(25)15-4-3-5-18(32)9-15)30(44,31(34,35)36)13-38-26(42)17-8-16-11-21(29(33)6-7-29)40-41-23(16)20(10-17)45-2/h3-5,8-12,44H,6-7,13-14H2,1-2H3,(H2,37,43)(H,38,42)/t28-,30?/m0/s1. The molecule has 1 aliphatic carbocycles. The molecule has 2 aromatic heterocycles. The summed E-state index contributed by atoms with van der Waals surface area (Å²) in [5, 5.41) is 21.5. The molecule has 46 heavy (non-hydrogen) atoms. The van der Waals surface area contributed by atoms with Crippen molar-refractivity contribution >= 4 is 22.7 Å². The van der Waals surface area contributed by atoms with Crippen LogP contribution in [0.2, 0.25) is 0 Å². The maximum absolute atomic E-state index is 14.7. The molecule has 2 amide bonds. The number of hydrogen-bond acceptors (Lipinski definition) is 8. The number of methoxy groups -OCH3 is 1. The Balaban J connectivity index is 1.41. The van der Waals surface area contributed by atoms with Gasteiger partial charge in [-0.05, 0) is 56.2 Å². The van der Waals surface area contributed by atoms with Crippen molar-refractivity contribution in [3.8, 4) is 22.8 Å². The number of amides is 2. The molecule has 1 fully saturated rings. The molecule has 0 saturated heterocycles. The van der Waals surface area contributed by atoms with Crippen LogP contribution in [0.5, 0.6) is 11.5 Å². The van der Waals surface area contributed by atoms with Crippen molar-refractivity contribution in [3.63, 3.8) is 0 Å². The van der Waals surface area contributed by atoms with Crippen LogP contribution in [0.4, 0.5) is 22.0 Å². The number of nitrogens with one attached hydrogen (secondary N) is 1. The molecule has 0 bridgehead atoms. The van der Waals surface area contributed by atoms with Crippen molar-refractivity contribution in [1.82, 2.24) is 20.5 Å². The Hall–Kier alpha value is -4.92. The number of aromatic nitrogens is 3. The molecule has 240 valence electrons. The second-order valence-electron chi connectivity index (χ2n) is 11.6. The highest BCUT2D eigenvalue weighted by Gasteiger charge is 2.58. The van der Waals surface area contributed by atoms with Gasteiger partial charge in [0.15, 0.2) is 5.67 Å². The Kier molecular flexibility index (Phi) is 7.14. The third-order valence-electron chi connectivity index (χ3n) is 8.40. The number of primary amides is 1. The summed E-state index contributed by atoms with van der Waals surface area (Å²) in [5.41, 5.74) is -2.77. The lowest BCUT2D eigenvalue weighted by Gasteiger charge is -2.31. The molecule has 2 aromatic carbocycles. The van der Waals surface area contributed by atoms with E-state index in [-0.39, 0.29) is 69.9 Å². The van der Waals surface area contributed by atoms with Crippen LogP contribution in [-0.4, -0.2) is 58.5 Å². The van der Waals surface area contributed by atoms with E-state index in [4.69, 9.17) is 15.2 Å². The van der Waals surface area contributed by atoms with Crippen LogP contribution < -0.4 is 20.5 Å². The fraction of sp³-hybridized carbons (Fsp3) is 0.323. The second-order valence-corrected chi connectivity index (χ2v) is 11.6. The highest BCUT2D eigenvalue weighted by molar-refractivity contribution is 6.00. The molecule has 3 heterocycles. The van der Waals surface area contributed by atoms with E-state index in [1.54, 1.807) is 0 Å². The predicted molar refractivity (Wildman–Crippen MR) is 152 cm³/mol. The van der Waals surface area contributed by atoms with Gasteiger partial charge in [0.2, 0.25) is 11.5 Å². The van der Waals surface area contributed by atoms with Gasteiger partial charge in [0.05, 0.1) is 19.3 Å². The van der Waals surface area contributed by atoms with Crippen LogP contribution in [0.3, 0.4) is 0 Å². The van der Waals surface area contributed by atoms with E-state index >= 15 is 0 Å². The Morgan fingerprint density at radius 1 is 1.13 bits per heavy atom. The number of pyridine rings is 1. The van der Waals surface area contributed by atoms with Gasteiger partial charge in [-0.1, -0.05) is 12.1 Å². The number of hydrogen-bond donors (Lipinski definition) is 3. The predicted octanol–water partition coefficient (Wildman–Crippen LogP) is 4.11. The van der Waals surface area contributed by atoms with E-state index in [2.05, 4.69) is 20.5 Å². The molecule has 1 aliphatic heterocycles. The van der Waals surface area contributed by atoms with Gasteiger partial charge in [-0.15, -0.1) is 5.10 Å². The second kappa shape index (κ2) is 10.6. The third-order valence-corrected chi connectivity index (χ3v) is 8.40. The zero-order valence-corrected chi connectivity index (χ0v) is 24.3. The summed E-state index contributed by atoms with van der Waals surface area (Å²) in [6.45, 7) is -0.414. The number of carbonyl (C=O) groups excluding carboxylic acids is 2. The normalized spacial score (nSPS) is 19.6. The summed E-state index contributed by atoms with van der Waals surface area (Å²) in [4.78, 5) is 29.7. The van der Waals surface area contributed by atoms with Gasteiger partial charge >= 0.3 is 6.18 Å². The first-order valence-corrected chi connectivity index (χ1v) is 14.0. The molecule has 0 spiro atoms. The summed E-state index contributed by atoms with van der Waals surface area (Å²) >= 11 is 0. The van der Waals surface area contributed by atoms with Crippen LogP contribution in [0.1, 0.15) is 47.1 Å². The molecule has 0 radical (unpaired) electrons. The van der Waals surface area contributed by atoms with Gasteiger partial charge in [0.1, 0.15) is 46.2 Å². The molecule has 15 heteroatoms.